The third kappa shape index (κ3) is 2.08. The number of nitriles is 1. The van der Waals surface area contributed by atoms with Crippen LogP contribution in [0.3, 0.4) is 0 Å². The fraction of sp³-hybridized carbons (Fsp3) is 0.154. The van der Waals surface area contributed by atoms with E-state index in [1.54, 1.807) is 6.07 Å². The molecule has 1 heterocycles. The van der Waals surface area contributed by atoms with Gasteiger partial charge in [0.1, 0.15) is 0 Å². The van der Waals surface area contributed by atoms with Crippen molar-refractivity contribution in [2.45, 2.75) is 13.8 Å². The second-order valence-corrected chi connectivity index (χ2v) is 3.84. The minimum atomic E-state index is 0.252. The van der Waals surface area contributed by atoms with E-state index < -0.39 is 0 Å². The molecular weight excluding hydrogens is 212 g/mol. The van der Waals surface area contributed by atoms with Crippen molar-refractivity contribution in [3.8, 4) is 17.3 Å². The second-order valence-electron chi connectivity index (χ2n) is 3.84. The SMILES string of the molecule is Cc1cc(-c2cccc(C#N)c2C)nc(N)n1. The number of benzene rings is 1. The van der Waals surface area contributed by atoms with E-state index >= 15 is 0 Å². The fourth-order valence-electron chi connectivity index (χ4n) is 1.76. The highest BCUT2D eigenvalue weighted by Crippen LogP contribution is 2.24. The fourth-order valence-corrected chi connectivity index (χ4v) is 1.76. The van der Waals surface area contributed by atoms with Gasteiger partial charge in [-0.3, -0.25) is 0 Å². The van der Waals surface area contributed by atoms with Crippen LogP contribution < -0.4 is 5.73 Å². The molecule has 0 atom stereocenters. The average molecular weight is 224 g/mol. The molecule has 0 aliphatic rings. The van der Waals surface area contributed by atoms with E-state index in [2.05, 4.69) is 16.0 Å². The molecule has 0 aliphatic heterocycles. The van der Waals surface area contributed by atoms with Crippen molar-refractivity contribution in [3.63, 3.8) is 0 Å². The Hall–Kier alpha value is -2.41. The summed E-state index contributed by atoms with van der Waals surface area (Å²) in [6.07, 6.45) is 0. The minimum absolute atomic E-state index is 0.252. The van der Waals surface area contributed by atoms with Crippen molar-refractivity contribution in [2.24, 2.45) is 0 Å². The van der Waals surface area contributed by atoms with E-state index in [0.29, 0.717) is 5.56 Å². The summed E-state index contributed by atoms with van der Waals surface area (Å²) in [5.41, 5.74) is 9.68. The number of nitrogens with two attached hydrogens (primary N) is 1. The molecule has 0 spiro atoms. The Morgan fingerprint density at radius 1 is 1.24 bits per heavy atom. The van der Waals surface area contributed by atoms with Crippen LogP contribution in [0.2, 0.25) is 0 Å². The molecule has 0 saturated heterocycles. The molecular formula is C13H12N4. The van der Waals surface area contributed by atoms with Gasteiger partial charge >= 0.3 is 0 Å². The van der Waals surface area contributed by atoms with Crippen LogP contribution in [-0.4, -0.2) is 9.97 Å². The molecule has 4 heteroatoms. The molecule has 0 saturated carbocycles. The summed E-state index contributed by atoms with van der Waals surface area (Å²) < 4.78 is 0. The number of nitrogens with zero attached hydrogens (tertiary/aromatic N) is 3. The maximum atomic E-state index is 8.99. The molecule has 4 nitrogen and oxygen atoms in total. The highest BCUT2D eigenvalue weighted by molar-refractivity contribution is 5.67. The van der Waals surface area contributed by atoms with Gasteiger partial charge in [-0.2, -0.15) is 5.26 Å². The third-order valence-electron chi connectivity index (χ3n) is 2.60. The molecule has 1 aromatic carbocycles. The molecule has 0 radical (unpaired) electrons. The molecule has 0 unspecified atom stereocenters. The average Bonchev–Trinajstić information content (AvgIpc) is 2.28. The number of anilines is 1. The van der Waals surface area contributed by atoms with E-state index in [1.807, 2.05) is 32.0 Å². The highest BCUT2D eigenvalue weighted by Gasteiger charge is 2.08. The normalized spacial score (nSPS) is 9.94. The number of nitrogen functional groups attached to an aromatic ring is 1. The second kappa shape index (κ2) is 4.22. The van der Waals surface area contributed by atoms with Crippen molar-refractivity contribution in [1.29, 1.82) is 5.26 Å². The molecule has 0 aliphatic carbocycles. The molecule has 0 fully saturated rings. The van der Waals surface area contributed by atoms with Gasteiger partial charge in [0.2, 0.25) is 5.95 Å². The lowest BCUT2D eigenvalue weighted by Gasteiger charge is -2.07. The smallest absolute Gasteiger partial charge is 0.220 e. The van der Waals surface area contributed by atoms with Crippen LogP contribution >= 0.6 is 0 Å². The summed E-state index contributed by atoms with van der Waals surface area (Å²) in [6, 6.07) is 9.58. The zero-order valence-electron chi connectivity index (χ0n) is 9.73. The van der Waals surface area contributed by atoms with E-state index in [-0.39, 0.29) is 5.95 Å². The van der Waals surface area contributed by atoms with Gasteiger partial charge in [-0.15, -0.1) is 0 Å². The number of aromatic nitrogens is 2. The molecule has 0 bridgehead atoms. The van der Waals surface area contributed by atoms with Crippen molar-refractivity contribution >= 4 is 5.95 Å². The van der Waals surface area contributed by atoms with Gasteiger partial charge in [-0.05, 0) is 31.5 Å². The van der Waals surface area contributed by atoms with Crippen molar-refractivity contribution in [2.75, 3.05) is 5.73 Å². The number of hydrogen-bond acceptors (Lipinski definition) is 4. The van der Waals surface area contributed by atoms with Crippen LogP contribution in [0.15, 0.2) is 24.3 Å². The molecule has 1 aromatic heterocycles. The van der Waals surface area contributed by atoms with E-state index in [9.17, 15) is 0 Å². The molecule has 84 valence electrons. The summed E-state index contributed by atoms with van der Waals surface area (Å²) >= 11 is 0. The number of aryl methyl sites for hydroxylation is 1. The number of hydrogen-bond donors (Lipinski definition) is 1. The lowest BCUT2D eigenvalue weighted by molar-refractivity contribution is 1.12. The van der Waals surface area contributed by atoms with Gasteiger partial charge in [-0.25, -0.2) is 9.97 Å². The van der Waals surface area contributed by atoms with Crippen LogP contribution in [0, 0.1) is 25.2 Å². The predicted molar refractivity (Wildman–Crippen MR) is 66.1 cm³/mol. The zero-order valence-corrected chi connectivity index (χ0v) is 9.73. The maximum Gasteiger partial charge on any atom is 0.220 e. The summed E-state index contributed by atoms with van der Waals surface area (Å²) in [4.78, 5) is 8.23. The van der Waals surface area contributed by atoms with Gasteiger partial charge < -0.3 is 5.73 Å². The first-order valence-corrected chi connectivity index (χ1v) is 5.23. The van der Waals surface area contributed by atoms with E-state index in [1.165, 1.54) is 0 Å². The van der Waals surface area contributed by atoms with Gasteiger partial charge in [0, 0.05) is 11.3 Å². The Morgan fingerprint density at radius 3 is 2.65 bits per heavy atom. The minimum Gasteiger partial charge on any atom is -0.368 e. The van der Waals surface area contributed by atoms with Gasteiger partial charge in [0.25, 0.3) is 0 Å². The largest absolute Gasteiger partial charge is 0.368 e. The quantitative estimate of drug-likeness (QED) is 0.805. The van der Waals surface area contributed by atoms with Crippen LogP contribution in [-0.2, 0) is 0 Å². The first kappa shape index (κ1) is 11.1. The molecule has 17 heavy (non-hydrogen) atoms. The van der Waals surface area contributed by atoms with Gasteiger partial charge in [0.15, 0.2) is 0 Å². The summed E-state index contributed by atoms with van der Waals surface area (Å²) in [5.74, 6) is 0.252. The van der Waals surface area contributed by atoms with Crippen molar-refractivity contribution in [1.82, 2.24) is 9.97 Å². The maximum absolute atomic E-state index is 8.99. The summed E-state index contributed by atoms with van der Waals surface area (Å²) in [7, 11) is 0. The molecule has 2 rings (SSSR count). The molecule has 2 N–H and O–H groups in total. The Balaban J connectivity index is 2.65. The monoisotopic (exact) mass is 224 g/mol. The Labute approximate surface area is 99.8 Å². The van der Waals surface area contributed by atoms with Crippen molar-refractivity contribution < 1.29 is 0 Å². The van der Waals surface area contributed by atoms with Crippen LogP contribution in [0.25, 0.3) is 11.3 Å². The lowest BCUT2D eigenvalue weighted by atomic mass is 10.0. The Morgan fingerprint density at radius 2 is 2.00 bits per heavy atom. The molecule has 0 amide bonds. The standard InChI is InChI=1S/C13H12N4/c1-8-6-12(17-13(15)16-8)11-5-3-4-10(7-14)9(11)2/h3-6H,1-2H3,(H2,15,16,17). The Kier molecular flexibility index (Phi) is 2.75. The van der Waals surface area contributed by atoms with Crippen LogP contribution in [0.4, 0.5) is 5.95 Å². The number of rotatable bonds is 1. The molecule has 2 aromatic rings. The van der Waals surface area contributed by atoms with Gasteiger partial charge in [-0.1, -0.05) is 12.1 Å². The first-order chi connectivity index (χ1) is 8.11. The summed E-state index contributed by atoms with van der Waals surface area (Å²) in [6.45, 7) is 3.77. The van der Waals surface area contributed by atoms with E-state index in [4.69, 9.17) is 11.0 Å². The lowest BCUT2D eigenvalue weighted by Crippen LogP contribution is -1.99. The summed E-state index contributed by atoms with van der Waals surface area (Å²) in [5, 5.41) is 8.99. The topological polar surface area (TPSA) is 75.6 Å². The van der Waals surface area contributed by atoms with Crippen LogP contribution in [0.5, 0.6) is 0 Å². The third-order valence-corrected chi connectivity index (χ3v) is 2.60. The predicted octanol–water partition coefficient (Wildman–Crippen LogP) is 2.21. The van der Waals surface area contributed by atoms with Crippen molar-refractivity contribution in [3.05, 3.63) is 41.1 Å². The van der Waals surface area contributed by atoms with Gasteiger partial charge in [0.05, 0.1) is 17.3 Å². The zero-order chi connectivity index (χ0) is 12.4. The first-order valence-electron chi connectivity index (χ1n) is 5.23. The van der Waals surface area contributed by atoms with E-state index in [0.717, 1.165) is 22.5 Å². The highest BCUT2D eigenvalue weighted by atomic mass is 15.0. The van der Waals surface area contributed by atoms with Crippen LogP contribution in [0.1, 0.15) is 16.8 Å². The Bertz CT molecular complexity index is 591.